The molecule has 5 rings (SSSR count). The summed E-state index contributed by atoms with van der Waals surface area (Å²) in [7, 11) is 0. The van der Waals surface area contributed by atoms with Crippen molar-refractivity contribution >= 4 is 28.9 Å². The maximum absolute atomic E-state index is 13.4. The minimum Gasteiger partial charge on any atom is -0.494 e. The van der Waals surface area contributed by atoms with Crippen molar-refractivity contribution in [2.45, 2.75) is 13.1 Å². The number of nitrogens with zero attached hydrogens (tertiary/aromatic N) is 1. The number of hydrogen-bond acceptors (Lipinski definition) is 4. The van der Waals surface area contributed by atoms with Gasteiger partial charge in [-0.25, -0.2) is 4.39 Å². The van der Waals surface area contributed by atoms with Crippen LogP contribution in [0.1, 0.15) is 39.4 Å². The number of benzene rings is 4. The summed E-state index contributed by atoms with van der Waals surface area (Å²) in [4.78, 5) is 27.9. The summed E-state index contributed by atoms with van der Waals surface area (Å²) >= 11 is 0. The highest BCUT2D eigenvalue weighted by Crippen LogP contribution is 2.38. The Labute approximate surface area is 208 Å². The van der Waals surface area contributed by atoms with Gasteiger partial charge in [0.05, 0.1) is 6.61 Å². The van der Waals surface area contributed by atoms with Gasteiger partial charge in [-0.3, -0.25) is 14.5 Å². The highest BCUT2D eigenvalue weighted by molar-refractivity contribution is 6.11. The summed E-state index contributed by atoms with van der Waals surface area (Å²) in [5, 5.41) is 6.20. The molecule has 0 aromatic heterocycles. The summed E-state index contributed by atoms with van der Waals surface area (Å²) in [6.07, 6.45) is -0.470. The van der Waals surface area contributed by atoms with E-state index in [1.54, 1.807) is 23.1 Å². The highest BCUT2D eigenvalue weighted by atomic mass is 19.1. The van der Waals surface area contributed by atoms with E-state index >= 15 is 0 Å². The molecule has 2 amide bonds. The van der Waals surface area contributed by atoms with Gasteiger partial charge in [0.15, 0.2) is 0 Å². The van der Waals surface area contributed by atoms with Crippen molar-refractivity contribution in [1.82, 2.24) is 0 Å². The molecule has 6 nitrogen and oxygen atoms in total. The Morgan fingerprint density at radius 2 is 1.67 bits per heavy atom. The fourth-order valence-corrected chi connectivity index (χ4v) is 4.24. The van der Waals surface area contributed by atoms with Crippen molar-refractivity contribution < 1.29 is 18.7 Å². The Kier molecular flexibility index (Phi) is 6.36. The Morgan fingerprint density at radius 1 is 0.917 bits per heavy atom. The standard InChI is InChI=1S/C29H24FN3O3/c1-2-36-24-16-14-23(15-17-24)33-27(25-8-3-4-9-26(25)29(33)35)31-22-7-5-6-19(18-22)28(34)32-21-12-10-20(30)11-13-21/h3-18,27,31H,2H2,1H3,(H,32,34)/t27-/m1/s1. The number of hydrogen-bond donors (Lipinski definition) is 2. The first-order valence-corrected chi connectivity index (χ1v) is 11.6. The van der Waals surface area contributed by atoms with E-state index < -0.39 is 6.17 Å². The monoisotopic (exact) mass is 481 g/mol. The van der Waals surface area contributed by atoms with E-state index in [2.05, 4.69) is 10.6 Å². The van der Waals surface area contributed by atoms with Crippen LogP contribution in [0.2, 0.25) is 0 Å². The number of carbonyl (C=O) groups is 2. The molecule has 0 fully saturated rings. The van der Waals surface area contributed by atoms with Crippen LogP contribution in [0.25, 0.3) is 0 Å². The van der Waals surface area contributed by atoms with Crippen molar-refractivity contribution in [3.8, 4) is 5.75 Å². The van der Waals surface area contributed by atoms with Crippen LogP contribution in [0, 0.1) is 5.82 Å². The number of fused-ring (bicyclic) bond motifs is 1. The lowest BCUT2D eigenvalue weighted by Gasteiger charge is -2.27. The van der Waals surface area contributed by atoms with Crippen LogP contribution in [-0.4, -0.2) is 18.4 Å². The zero-order valence-electron chi connectivity index (χ0n) is 19.6. The summed E-state index contributed by atoms with van der Waals surface area (Å²) < 4.78 is 18.7. The van der Waals surface area contributed by atoms with Gasteiger partial charge in [0.25, 0.3) is 11.8 Å². The van der Waals surface area contributed by atoms with E-state index in [1.165, 1.54) is 24.3 Å². The predicted octanol–water partition coefficient (Wildman–Crippen LogP) is 6.25. The normalized spacial score (nSPS) is 14.3. The van der Waals surface area contributed by atoms with Crippen LogP contribution < -0.4 is 20.3 Å². The van der Waals surface area contributed by atoms with E-state index in [0.717, 1.165) is 17.0 Å². The number of halogens is 1. The number of amides is 2. The predicted molar refractivity (Wildman–Crippen MR) is 138 cm³/mol. The largest absolute Gasteiger partial charge is 0.494 e. The van der Waals surface area contributed by atoms with Gasteiger partial charge in [-0.2, -0.15) is 0 Å². The van der Waals surface area contributed by atoms with Crippen LogP contribution in [0.5, 0.6) is 5.75 Å². The third-order valence-corrected chi connectivity index (χ3v) is 5.92. The fourth-order valence-electron chi connectivity index (χ4n) is 4.24. The highest BCUT2D eigenvalue weighted by Gasteiger charge is 2.37. The Balaban J connectivity index is 1.42. The number of ether oxygens (including phenoxy) is 1. The molecule has 2 N–H and O–H groups in total. The second kappa shape index (κ2) is 9.92. The van der Waals surface area contributed by atoms with Gasteiger partial charge in [-0.1, -0.05) is 24.3 Å². The van der Waals surface area contributed by atoms with Gasteiger partial charge in [0, 0.05) is 33.8 Å². The van der Waals surface area contributed by atoms with E-state index in [9.17, 15) is 14.0 Å². The molecular weight excluding hydrogens is 457 g/mol. The lowest BCUT2D eigenvalue weighted by atomic mass is 10.1. The van der Waals surface area contributed by atoms with Crippen LogP contribution in [0.3, 0.4) is 0 Å². The van der Waals surface area contributed by atoms with Gasteiger partial charge in [0.1, 0.15) is 17.7 Å². The van der Waals surface area contributed by atoms with Gasteiger partial charge in [-0.05, 0) is 79.7 Å². The van der Waals surface area contributed by atoms with Crippen molar-refractivity contribution in [1.29, 1.82) is 0 Å². The SMILES string of the molecule is CCOc1ccc(N2C(=O)c3ccccc3[C@@H]2Nc2cccc(C(=O)Nc3ccc(F)cc3)c2)cc1. The molecule has 0 spiro atoms. The molecule has 180 valence electrons. The van der Waals surface area contributed by atoms with Gasteiger partial charge in [-0.15, -0.1) is 0 Å². The molecule has 7 heteroatoms. The second-order valence-corrected chi connectivity index (χ2v) is 8.28. The van der Waals surface area contributed by atoms with E-state index in [-0.39, 0.29) is 17.6 Å². The fraction of sp³-hybridized carbons (Fsp3) is 0.103. The van der Waals surface area contributed by atoms with Crippen molar-refractivity contribution in [3.63, 3.8) is 0 Å². The zero-order chi connectivity index (χ0) is 25.1. The zero-order valence-corrected chi connectivity index (χ0v) is 19.6. The number of rotatable bonds is 7. The first-order valence-electron chi connectivity index (χ1n) is 11.6. The molecule has 1 atom stereocenters. The van der Waals surface area contributed by atoms with Crippen LogP contribution in [0.15, 0.2) is 97.1 Å². The third-order valence-electron chi connectivity index (χ3n) is 5.92. The van der Waals surface area contributed by atoms with Gasteiger partial charge < -0.3 is 15.4 Å². The van der Waals surface area contributed by atoms with Crippen molar-refractivity contribution in [3.05, 3.63) is 120 Å². The third kappa shape index (κ3) is 4.63. The lowest BCUT2D eigenvalue weighted by molar-refractivity contribution is 0.0990. The molecule has 0 saturated heterocycles. The van der Waals surface area contributed by atoms with E-state index in [1.807, 2.05) is 61.5 Å². The first kappa shape index (κ1) is 23.1. The molecular formula is C29H24FN3O3. The lowest BCUT2D eigenvalue weighted by Crippen LogP contribution is -2.32. The molecule has 0 saturated carbocycles. The average Bonchev–Trinajstić information content (AvgIpc) is 3.17. The maximum Gasteiger partial charge on any atom is 0.260 e. The number of anilines is 3. The van der Waals surface area contributed by atoms with Crippen LogP contribution >= 0.6 is 0 Å². The Hall–Kier alpha value is -4.65. The first-order chi connectivity index (χ1) is 17.5. The second-order valence-electron chi connectivity index (χ2n) is 8.28. The molecule has 0 unspecified atom stereocenters. The van der Waals surface area contributed by atoms with Gasteiger partial charge in [0.2, 0.25) is 0 Å². The molecule has 0 aliphatic carbocycles. The maximum atomic E-state index is 13.4. The number of nitrogens with one attached hydrogen (secondary N) is 2. The van der Waals surface area contributed by atoms with Crippen molar-refractivity contribution in [2.75, 3.05) is 22.1 Å². The Morgan fingerprint density at radius 3 is 2.42 bits per heavy atom. The van der Waals surface area contributed by atoms with Crippen molar-refractivity contribution in [2.24, 2.45) is 0 Å². The smallest absolute Gasteiger partial charge is 0.260 e. The molecule has 0 radical (unpaired) electrons. The Bertz CT molecular complexity index is 1400. The molecule has 1 aliphatic heterocycles. The minimum absolute atomic E-state index is 0.113. The quantitative estimate of drug-likeness (QED) is 0.327. The summed E-state index contributed by atoms with van der Waals surface area (Å²) in [5.41, 5.74) is 3.78. The minimum atomic E-state index is -0.470. The summed E-state index contributed by atoms with van der Waals surface area (Å²) in [6.45, 7) is 2.48. The molecule has 36 heavy (non-hydrogen) atoms. The van der Waals surface area contributed by atoms with Crippen LogP contribution in [-0.2, 0) is 0 Å². The molecule has 4 aromatic rings. The summed E-state index contributed by atoms with van der Waals surface area (Å²) in [5.74, 6) is -0.0774. The topological polar surface area (TPSA) is 70.7 Å². The molecule has 1 heterocycles. The molecule has 0 bridgehead atoms. The summed E-state index contributed by atoms with van der Waals surface area (Å²) in [6, 6.07) is 27.5. The molecule has 1 aliphatic rings. The van der Waals surface area contributed by atoms with Crippen LogP contribution in [0.4, 0.5) is 21.5 Å². The number of carbonyl (C=O) groups excluding carboxylic acids is 2. The molecule has 4 aromatic carbocycles. The average molecular weight is 482 g/mol. The van der Waals surface area contributed by atoms with E-state index in [4.69, 9.17) is 4.74 Å². The van der Waals surface area contributed by atoms with Gasteiger partial charge >= 0.3 is 0 Å². The van der Waals surface area contributed by atoms with E-state index in [0.29, 0.717) is 29.1 Å².